The number of nitrogens with zero attached hydrogens (tertiary/aromatic N) is 3. The Bertz CT molecular complexity index is 732. The number of methoxy groups -OCH3 is 1. The number of amides is 1. The maximum Gasteiger partial charge on any atom is 0.287 e. The molecule has 1 aliphatic heterocycles. The van der Waals surface area contributed by atoms with E-state index in [0.29, 0.717) is 24.0 Å². The Kier molecular flexibility index (Phi) is 4.10. The normalized spacial score (nSPS) is 20.5. The van der Waals surface area contributed by atoms with Gasteiger partial charge in [-0.3, -0.25) is 4.79 Å². The Hall–Kier alpha value is -2.15. The fourth-order valence-corrected chi connectivity index (χ4v) is 3.27. The molecule has 1 saturated carbocycles. The molecule has 0 radical (unpaired) electrons. The van der Waals surface area contributed by atoms with Crippen molar-refractivity contribution in [3.05, 3.63) is 35.3 Å². The highest BCUT2D eigenvalue weighted by Crippen LogP contribution is 2.39. The molecule has 128 valence electrons. The molecule has 2 aromatic rings. The summed E-state index contributed by atoms with van der Waals surface area (Å²) in [5.74, 6) is 3.61. The second-order valence-corrected chi connectivity index (χ2v) is 6.60. The van der Waals surface area contributed by atoms with Gasteiger partial charge in [0.15, 0.2) is 5.76 Å². The second-order valence-electron chi connectivity index (χ2n) is 6.60. The molecule has 24 heavy (non-hydrogen) atoms. The lowest BCUT2D eigenvalue weighted by molar-refractivity contribution is 0.0896. The summed E-state index contributed by atoms with van der Waals surface area (Å²) in [6.07, 6.45) is 5.06. The van der Waals surface area contributed by atoms with E-state index >= 15 is 0 Å². The van der Waals surface area contributed by atoms with Gasteiger partial charge in [0.1, 0.15) is 24.0 Å². The summed E-state index contributed by atoms with van der Waals surface area (Å²) in [7, 11) is 1.60. The van der Waals surface area contributed by atoms with Gasteiger partial charge in [-0.2, -0.15) is 0 Å². The number of fused-ring (bicyclic) bond motifs is 1. The molecule has 2 aromatic heterocycles. The highest BCUT2D eigenvalue weighted by atomic mass is 16.5. The molecule has 0 spiro atoms. The van der Waals surface area contributed by atoms with Crippen LogP contribution in [0.4, 0.5) is 0 Å². The van der Waals surface area contributed by atoms with E-state index in [9.17, 15) is 4.79 Å². The van der Waals surface area contributed by atoms with Crippen LogP contribution in [-0.4, -0.2) is 33.8 Å². The van der Waals surface area contributed by atoms with Crippen molar-refractivity contribution in [3.63, 3.8) is 0 Å². The third-order valence-corrected chi connectivity index (χ3v) is 4.72. The number of nitrogens with one attached hydrogen (secondary N) is 1. The Morgan fingerprint density at radius 1 is 1.33 bits per heavy atom. The second kappa shape index (κ2) is 6.39. The molecule has 0 bridgehead atoms. The predicted octanol–water partition coefficient (Wildman–Crippen LogP) is 2.03. The van der Waals surface area contributed by atoms with Crippen LogP contribution in [0.1, 0.15) is 59.6 Å². The maximum atomic E-state index is 12.4. The van der Waals surface area contributed by atoms with Crippen LogP contribution >= 0.6 is 0 Å². The molecule has 0 aromatic carbocycles. The lowest BCUT2D eigenvalue weighted by Crippen LogP contribution is -2.35. The van der Waals surface area contributed by atoms with Gasteiger partial charge in [0.25, 0.3) is 5.91 Å². The van der Waals surface area contributed by atoms with Crippen molar-refractivity contribution in [3.8, 4) is 0 Å². The SMILES string of the molecule is COCc1ccc(C(=O)NC2CCc3nnc(C4CC4)n3CC2)o1. The zero-order valence-corrected chi connectivity index (χ0v) is 13.8. The number of rotatable bonds is 5. The number of ether oxygens (including phenoxy) is 1. The Morgan fingerprint density at radius 3 is 3.00 bits per heavy atom. The summed E-state index contributed by atoms with van der Waals surface area (Å²) in [6.45, 7) is 1.24. The average molecular weight is 330 g/mol. The van der Waals surface area contributed by atoms with Gasteiger partial charge < -0.3 is 19.0 Å². The Morgan fingerprint density at radius 2 is 2.21 bits per heavy atom. The predicted molar refractivity (Wildman–Crippen MR) is 85.6 cm³/mol. The van der Waals surface area contributed by atoms with Crippen LogP contribution < -0.4 is 5.32 Å². The topological polar surface area (TPSA) is 82.2 Å². The molecular formula is C17H22N4O3. The van der Waals surface area contributed by atoms with Gasteiger partial charge in [0, 0.05) is 32.0 Å². The highest BCUT2D eigenvalue weighted by molar-refractivity contribution is 5.91. The molecule has 2 aliphatic rings. The molecule has 4 rings (SSSR count). The third-order valence-electron chi connectivity index (χ3n) is 4.72. The van der Waals surface area contributed by atoms with E-state index in [0.717, 1.165) is 37.5 Å². The monoisotopic (exact) mass is 330 g/mol. The van der Waals surface area contributed by atoms with Crippen LogP contribution in [0.2, 0.25) is 0 Å². The fraction of sp³-hybridized carbons (Fsp3) is 0.588. The van der Waals surface area contributed by atoms with E-state index in [1.807, 2.05) is 0 Å². The van der Waals surface area contributed by atoms with Crippen LogP contribution in [0, 0.1) is 0 Å². The lowest BCUT2D eigenvalue weighted by Gasteiger charge is -2.15. The zero-order chi connectivity index (χ0) is 16.5. The minimum absolute atomic E-state index is 0.127. The van der Waals surface area contributed by atoms with Crippen molar-refractivity contribution < 1.29 is 13.9 Å². The summed E-state index contributed by atoms with van der Waals surface area (Å²) in [4.78, 5) is 12.4. The molecular weight excluding hydrogens is 308 g/mol. The van der Waals surface area contributed by atoms with Crippen LogP contribution in [0.15, 0.2) is 16.5 Å². The summed E-state index contributed by atoms with van der Waals surface area (Å²) in [5, 5.41) is 11.8. The first-order chi connectivity index (χ1) is 11.7. The minimum atomic E-state index is -0.164. The molecule has 1 fully saturated rings. The lowest BCUT2D eigenvalue weighted by atomic mass is 10.1. The first-order valence-electron chi connectivity index (χ1n) is 8.55. The number of hydrogen-bond donors (Lipinski definition) is 1. The zero-order valence-electron chi connectivity index (χ0n) is 13.8. The number of furan rings is 1. The van der Waals surface area contributed by atoms with E-state index < -0.39 is 0 Å². The quantitative estimate of drug-likeness (QED) is 0.907. The van der Waals surface area contributed by atoms with Gasteiger partial charge in [-0.15, -0.1) is 10.2 Å². The van der Waals surface area contributed by atoms with E-state index in [1.165, 1.54) is 12.8 Å². The first kappa shape index (κ1) is 15.4. The molecule has 3 heterocycles. The highest BCUT2D eigenvalue weighted by Gasteiger charge is 2.31. The standard InChI is InChI=1S/C17H22N4O3/c1-23-10-13-5-6-14(24-13)17(22)18-12-4-7-15-19-20-16(11-2-3-11)21(15)9-8-12/h5-6,11-12H,2-4,7-10H2,1H3,(H,18,22). The van der Waals surface area contributed by atoms with Crippen molar-refractivity contribution >= 4 is 5.91 Å². The van der Waals surface area contributed by atoms with Gasteiger partial charge in [-0.05, 0) is 37.8 Å². The number of aromatic nitrogens is 3. The maximum absolute atomic E-state index is 12.4. The van der Waals surface area contributed by atoms with E-state index in [4.69, 9.17) is 9.15 Å². The molecule has 0 saturated heterocycles. The van der Waals surface area contributed by atoms with Crippen LogP contribution in [0.25, 0.3) is 0 Å². The van der Waals surface area contributed by atoms with E-state index in [1.54, 1.807) is 19.2 Å². The summed E-state index contributed by atoms with van der Waals surface area (Å²) >= 11 is 0. The molecule has 1 aliphatic carbocycles. The van der Waals surface area contributed by atoms with Crippen molar-refractivity contribution in [2.45, 2.75) is 57.2 Å². The number of aryl methyl sites for hydroxylation is 1. The van der Waals surface area contributed by atoms with Gasteiger partial charge in [-0.1, -0.05) is 0 Å². The average Bonchev–Trinajstić information content (AvgIpc) is 3.23. The van der Waals surface area contributed by atoms with Crippen LogP contribution in [0.5, 0.6) is 0 Å². The van der Waals surface area contributed by atoms with Gasteiger partial charge in [-0.25, -0.2) is 0 Å². The number of carbonyl (C=O) groups excluding carboxylic acids is 1. The van der Waals surface area contributed by atoms with Crippen molar-refractivity contribution in [1.29, 1.82) is 0 Å². The van der Waals surface area contributed by atoms with E-state index in [2.05, 4.69) is 20.1 Å². The van der Waals surface area contributed by atoms with Gasteiger partial charge >= 0.3 is 0 Å². The third kappa shape index (κ3) is 3.08. The summed E-state index contributed by atoms with van der Waals surface area (Å²) in [5.41, 5.74) is 0. The van der Waals surface area contributed by atoms with Crippen molar-refractivity contribution in [2.75, 3.05) is 7.11 Å². The van der Waals surface area contributed by atoms with Crippen molar-refractivity contribution in [1.82, 2.24) is 20.1 Å². The molecule has 7 nitrogen and oxygen atoms in total. The Labute approximate surface area is 140 Å². The van der Waals surface area contributed by atoms with Crippen LogP contribution in [0.3, 0.4) is 0 Å². The fourth-order valence-electron chi connectivity index (χ4n) is 3.27. The summed E-state index contributed by atoms with van der Waals surface area (Å²) in [6, 6.07) is 3.59. The molecule has 7 heteroatoms. The van der Waals surface area contributed by atoms with E-state index in [-0.39, 0.29) is 11.9 Å². The van der Waals surface area contributed by atoms with Crippen LogP contribution in [-0.2, 0) is 24.3 Å². The molecule has 1 atom stereocenters. The van der Waals surface area contributed by atoms with Gasteiger partial charge in [0.05, 0.1) is 0 Å². The number of hydrogen-bond acceptors (Lipinski definition) is 5. The molecule has 1 unspecified atom stereocenters. The first-order valence-corrected chi connectivity index (χ1v) is 8.55. The number of carbonyl (C=O) groups is 1. The van der Waals surface area contributed by atoms with Gasteiger partial charge in [0.2, 0.25) is 0 Å². The molecule has 1 amide bonds. The molecule has 1 N–H and O–H groups in total. The summed E-state index contributed by atoms with van der Waals surface area (Å²) < 4.78 is 12.8. The Balaban J connectivity index is 1.38. The largest absolute Gasteiger partial charge is 0.453 e. The van der Waals surface area contributed by atoms with Crippen molar-refractivity contribution in [2.24, 2.45) is 0 Å². The minimum Gasteiger partial charge on any atom is -0.453 e. The smallest absolute Gasteiger partial charge is 0.287 e.